The molecule has 33 heavy (non-hydrogen) atoms. The van der Waals surface area contributed by atoms with Crippen molar-refractivity contribution in [3.63, 3.8) is 0 Å². The highest BCUT2D eigenvalue weighted by atomic mass is 19.4. The summed E-state index contributed by atoms with van der Waals surface area (Å²) in [5.74, 6) is 0.916. The minimum atomic E-state index is -4.48. The summed E-state index contributed by atoms with van der Waals surface area (Å²) in [4.78, 5) is 2.09. The molecule has 5 heteroatoms. The monoisotopic (exact) mass is 459 g/mol. The molecule has 2 aromatic carbocycles. The topological polar surface area (TPSA) is 23.5 Å². The van der Waals surface area contributed by atoms with E-state index in [1.807, 2.05) is 25.2 Å². The zero-order chi connectivity index (χ0) is 24.2. The number of aromatic hydroxyl groups is 1. The van der Waals surface area contributed by atoms with Crippen LogP contribution in [0.25, 0.3) is 5.57 Å². The first-order chi connectivity index (χ1) is 15.6. The fourth-order valence-electron chi connectivity index (χ4n) is 5.06. The number of allylic oxidation sites excluding steroid dienone is 1. The Morgan fingerprint density at radius 3 is 2.45 bits per heavy atom. The summed E-state index contributed by atoms with van der Waals surface area (Å²) in [6.07, 6.45) is 3.55. The van der Waals surface area contributed by atoms with E-state index in [1.54, 1.807) is 0 Å². The van der Waals surface area contributed by atoms with Gasteiger partial charge in [0.25, 0.3) is 0 Å². The summed E-state index contributed by atoms with van der Waals surface area (Å²) >= 11 is 0. The van der Waals surface area contributed by atoms with Crippen LogP contribution in [0.3, 0.4) is 0 Å². The van der Waals surface area contributed by atoms with E-state index >= 15 is 0 Å². The van der Waals surface area contributed by atoms with Crippen molar-refractivity contribution in [3.05, 3.63) is 70.8 Å². The second kappa shape index (κ2) is 10.8. The normalized spacial score (nSPS) is 18.1. The van der Waals surface area contributed by atoms with Gasteiger partial charge in [-0.05, 0) is 60.6 Å². The maximum Gasteiger partial charge on any atom is 0.416 e. The number of phenols is 1. The van der Waals surface area contributed by atoms with Crippen molar-refractivity contribution in [3.8, 4) is 5.75 Å². The smallest absolute Gasteiger partial charge is 0.416 e. The highest BCUT2D eigenvalue weighted by Gasteiger charge is 2.33. The van der Waals surface area contributed by atoms with E-state index in [2.05, 4.69) is 37.8 Å². The molecule has 0 fully saturated rings. The number of nitrogens with zero attached hydrogens (tertiary/aromatic N) is 1. The van der Waals surface area contributed by atoms with E-state index in [-0.39, 0.29) is 11.8 Å². The summed E-state index contributed by atoms with van der Waals surface area (Å²) in [7, 11) is 1.96. The number of hydrogen-bond donors (Lipinski definition) is 1. The molecule has 180 valence electrons. The predicted molar refractivity (Wildman–Crippen MR) is 129 cm³/mol. The first-order valence-electron chi connectivity index (χ1n) is 12.0. The number of unbranched alkanes of at least 4 members (excludes halogenated alkanes) is 1. The molecular formula is C28H36F3NO. The zero-order valence-electron chi connectivity index (χ0n) is 20.1. The molecule has 1 aliphatic rings. The largest absolute Gasteiger partial charge is 0.508 e. The lowest BCUT2D eigenvalue weighted by atomic mass is 9.83. The molecule has 2 unspecified atom stereocenters. The van der Waals surface area contributed by atoms with Gasteiger partial charge in [0.15, 0.2) is 0 Å². The van der Waals surface area contributed by atoms with Gasteiger partial charge in [-0.2, -0.15) is 13.2 Å². The van der Waals surface area contributed by atoms with E-state index in [1.165, 1.54) is 37.3 Å². The van der Waals surface area contributed by atoms with Crippen molar-refractivity contribution in [2.24, 2.45) is 11.8 Å². The van der Waals surface area contributed by atoms with Gasteiger partial charge in [0.05, 0.1) is 11.6 Å². The third kappa shape index (κ3) is 6.20. The molecule has 0 bridgehead atoms. The summed E-state index contributed by atoms with van der Waals surface area (Å²) in [6, 6.07) is 11.1. The van der Waals surface area contributed by atoms with Crippen molar-refractivity contribution in [2.45, 2.75) is 65.1 Å². The van der Waals surface area contributed by atoms with Crippen LogP contribution in [0.5, 0.6) is 5.75 Å². The Kier molecular flexibility index (Phi) is 8.28. The summed E-state index contributed by atoms with van der Waals surface area (Å²) in [5.41, 5.74) is 3.12. The lowest BCUT2D eigenvalue weighted by Gasteiger charge is -2.29. The summed E-state index contributed by atoms with van der Waals surface area (Å²) < 4.78 is 39.4. The zero-order valence-corrected chi connectivity index (χ0v) is 20.1. The second-order valence-electron chi connectivity index (χ2n) is 9.77. The summed E-state index contributed by atoms with van der Waals surface area (Å²) in [5, 5.41) is 10.6. The van der Waals surface area contributed by atoms with E-state index in [0.717, 1.165) is 29.7 Å². The minimum absolute atomic E-state index is 0.319. The third-order valence-corrected chi connectivity index (χ3v) is 6.60. The quantitative estimate of drug-likeness (QED) is 0.431. The van der Waals surface area contributed by atoms with Gasteiger partial charge in [-0.15, -0.1) is 0 Å². The van der Waals surface area contributed by atoms with Crippen LogP contribution in [0.1, 0.15) is 81.2 Å². The number of hydrogen-bond acceptors (Lipinski definition) is 2. The van der Waals surface area contributed by atoms with Gasteiger partial charge in [0.2, 0.25) is 0 Å². The van der Waals surface area contributed by atoms with Gasteiger partial charge in [-0.1, -0.05) is 76.4 Å². The Morgan fingerprint density at radius 1 is 1.09 bits per heavy atom. The Bertz CT molecular complexity index is 964. The Hall–Kier alpha value is -2.27. The van der Waals surface area contributed by atoms with Crippen molar-refractivity contribution in [2.75, 3.05) is 13.6 Å². The predicted octanol–water partition coefficient (Wildman–Crippen LogP) is 8.07. The van der Waals surface area contributed by atoms with Crippen LogP contribution < -0.4 is 0 Å². The maximum absolute atomic E-state index is 13.1. The van der Waals surface area contributed by atoms with Crippen LogP contribution in [0.2, 0.25) is 0 Å². The lowest BCUT2D eigenvalue weighted by molar-refractivity contribution is -0.137. The Morgan fingerprint density at radius 2 is 1.82 bits per heavy atom. The van der Waals surface area contributed by atoms with E-state index in [4.69, 9.17) is 0 Å². The molecule has 1 N–H and O–H groups in total. The van der Waals surface area contributed by atoms with Gasteiger partial charge in [0.1, 0.15) is 5.75 Å². The van der Waals surface area contributed by atoms with E-state index < -0.39 is 11.7 Å². The molecular weight excluding hydrogens is 423 g/mol. The van der Waals surface area contributed by atoms with E-state index in [9.17, 15) is 18.3 Å². The molecule has 2 aromatic rings. The van der Waals surface area contributed by atoms with Crippen LogP contribution in [0, 0.1) is 11.8 Å². The van der Waals surface area contributed by atoms with Crippen LogP contribution in [0.4, 0.5) is 13.2 Å². The molecule has 2 atom stereocenters. The van der Waals surface area contributed by atoms with Gasteiger partial charge in [-0.25, -0.2) is 0 Å². The van der Waals surface area contributed by atoms with Crippen molar-refractivity contribution in [1.29, 1.82) is 0 Å². The fraction of sp³-hybridized carbons (Fsp3) is 0.500. The SMILES string of the molecule is CCCCC(CC1=CCN(C)C(c2ccc(C(F)(F)F)cc2O)c2ccccc21)CC(C)C. The molecule has 0 spiro atoms. The van der Waals surface area contributed by atoms with Gasteiger partial charge in [-0.3, -0.25) is 4.90 Å². The average Bonchev–Trinajstić information content (AvgIpc) is 2.88. The summed E-state index contributed by atoms with van der Waals surface area (Å²) in [6.45, 7) is 7.43. The van der Waals surface area contributed by atoms with Crippen LogP contribution in [0.15, 0.2) is 48.5 Å². The van der Waals surface area contributed by atoms with Gasteiger partial charge in [0, 0.05) is 12.1 Å². The second-order valence-corrected chi connectivity index (χ2v) is 9.77. The standard InChI is InChI=1S/C28H36F3NO/c1-5-6-9-20(16-19(2)3)17-21-14-15-32(4)27(24-11-8-7-10-23(21)24)25-13-12-22(18-26(25)33)28(29,30)31/h7-8,10-14,18-20,27,33H,5-6,9,15-17H2,1-4H3. The molecule has 2 nitrogen and oxygen atoms in total. The average molecular weight is 460 g/mol. The molecule has 0 aliphatic carbocycles. The molecule has 1 heterocycles. The highest BCUT2D eigenvalue weighted by Crippen LogP contribution is 2.43. The molecule has 0 saturated carbocycles. The van der Waals surface area contributed by atoms with Crippen molar-refractivity contribution < 1.29 is 18.3 Å². The number of fused-ring (bicyclic) bond motifs is 1. The number of halogens is 3. The van der Waals surface area contributed by atoms with Crippen LogP contribution >= 0.6 is 0 Å². The number of alkyl halides is 3. The minimum Gasteiger partial charge on any atom is -0.508 e. The van der Waals surface area contributed by atoms with Gasteiger partial charge >= 0.3 is 6.18 Å². The Labute approximate surface area is 196 Å². The molecule has 3 rings (SSSR count). The first-order valence-corrected chi connectivity index (χ1v) is 12.0. The number of rotatable bonds is 8. The van der Waals surface area contributed by atoms with Crippen molar-refractivity contribution in [1.82, 2.24) is 4.90 Å². The molecule has 1 aliphatic heterocycles. The van der Waals surface area contributed by atoms with Gasteiger partial charge < -0.3 is 5.11 Å². The number of benzene rings is 2. The highest BCUT2D eigenvalue weighted by molar-refractivity contribution is 5.71. The Balaban J connectivity index is 1.99. The third-order valence-electron chi connectivity index (χ3n) is 6.60. The molecule has 0 radical (unpaired) electrons. The van der Waals surface area contributed by atoms with Crippen molar-refractivity contribution >= 4 is 5.57 Å². The first kappa shape index (κ1) is 25.4. The maximum atomic E-state index is 13.1. The number of likely N-dealkylation sites (N-methyl/N-ethyl adjacent to an activating group) is 1. The van der Waals surface area contributed by atoms with Crippen LogP contribution in [-0.4, -0.2) is 23.6 Å². The molecule has 0 aromatic heterocycles. The van der Waals surface area contributed by atoms with E-state index in [0.29, 0.717) is 23.9 Å². The molecule has 0 amide bonds. The number of phenolic OH excluding ortho intramolecular Hbond substituents is 1. The lowest BCUT2D eigenvalue weighted by Crippen LogP contribution is -2.25. The fourth-order valence-corrected chi connectivity index (χ4v) is 5.06. The molecule has 0 saturated heterocycles. The van der Waals surface area contributed by atoms with Crippen LogP contribution in [-0.2, 0) is 6.18 Å².